The second-order valence-electron chi connectivity index (χ2n) is 24.4. The van der Waals surface area contributed by atoms with Gasteiger partial charge in [-0.15, -0.1) is 8.78 Å². The molecule has 0 bridgehead atoms. The molecular formula is C66H120AlF6N. The predicted octanol–water partition coefficient (Wildman–Crippen LogP) is 22.8. The molecule has 434 valence electrons. The number of halogens is 6. The number of nitrogens with two attached hydrogens (primary N) is 1. The first kappa shape index (κ1) is 72.5. The summed E-state index contributed by atoms with van der Waals surface area (Å²) in [5.74, 6) is -2.42. The molecule has 0 amide bonds. The van der Waals surface area contributed by atoms with Crippen molar-refractivity contribution in [2.24, 2.45) is 47.3 Å². The zero-order valence-corrected chi connectivity index (χ0v) is 52.0. The fourth-order valence-corrected chi connectivity index (χ4v) is 21.9. The molecule has 74 heavy (non-hydrogen) atoms. The number of benzene rings is 2. The Bertz CT molecular complexity index is 1410. The van der Waals surface area contributed by atoms with Crippen LogP contribution < -0.4 is 5.32 Å². The van der Waals surface area contributed by atoms with E-state index in [-0.39, 0.29) is 11.7 Å². The van der Waals surface area contributed by atoms with Crippen molar-refractivity contribution in [1.82, 2.24) is 0 Å². The van der Waals surface area contributed by atoms with E-state index in [0.29, 0.717) is 19.9 Å². The fraction of sp³-hybridized carbons (Fsp3) is 0.818. The summed E-state index contributed by atoms with van der Waals surface area (Å²) in [5, 5.41) is 6.42. The van der Waals surface area contributed by atoms with Gasteiger partial charge in [0.05, 0.1) is 7.05 Å². The lowest BCUT2D eigenvalue weighted by atomic mass is 9.92. The van der Waals surface area contributed by atoms with E-state index >= 15 is 0 Å². The summed E-state index contributed by atoms with van der Waals surface area (Å²) in [6, 6.07) is 16.0. The third-order valence-electron chi connectivity index (χ3n) is 17.4. The molecule has 0 saturated carbocycles. The van der Waals surface area contributed by atoms with E-state index in [4.69, 9.17) is 0 Å². The van der Waals surface area contributed by atoms with Crippen LogP contribution in [0.2, 0.25) is 21.1 Å². The summed E-state index contributed by atoms with van der Waals surface area (Å²) in [6.07, 6.45) is 29.0. The van der Waals surface area contributed by atoms with Crippen LogP contribution in [0.1, 0.15) is 251 Å². The number of hydrogen-bond acceptors (Lipinski definition) is 0. The van der Waals surface area contributed by atoms with Gasteiger partial charge in [0.25, 0.3) is 0 Å². The molecule has 8 heteroatoms. The summed E-state index contributed by atoms with van der Waals surface area (Å²) in [5.41, 5.74) is 2.55. The molecular weight excluding hydrogens is 948 g/mol. The third-order valence-corrected chi connectivity index (χ3v) is 24.7. The fourth-order valence-electron chi connectivity index (χ4n) is 13.0. The van der Waals surface area contributed by atoms with Crippen molar-refractivity contribution in [2.45, 2.75) is 290 Å². The van der Waals surface area contributed by atoms with Crippen molar-refractivity contribution in [3.05, 3.63) is 60.7 Å². The van der Waals surface area contributed by atoms with Crippen molar-refractivity contribution >= 4 is 13.1 Å². The third kappa shape index (κ3) is 30.0. The molecule has 0 heterocycles. The van der Waals surface area contributed by atoms with Crippen LogP contribution in [0.25, 0.3) is 11.1 Å². The van der Waals surface area contributed by atoms with E-state index < -0.39 is 37.4 Å². The molecule has 2 N–H and O–H groups in total. The van der Waals surface area contributed by atoms with Gasteiger partial charge in [0.2, 0.25) is 0 Å². The lowest BCUT2D eigenvalue weighted by Crippen LogP contribution is -2.96. The highest BCUT2D eigenvalue weighted by molar-refractivity contribution is 6.80. The highest BCUT2D eigenvalue weighted by atomic mass is 27.2. The van der Waals surface area contributed by atoms with Crippen LogP contribution >= 0.6 is 0 Å². The Balaban J connectivity index is 0.00000147. The Morgan fingerprint density at radius 1 is 0.392 bits per heavy atom. The number of quaternary nitrogens is 1. The van der Waals surface area contributed by atoms with E-state index in [9.17, 15) is 26.3 Å². The van der Waals surface area contributed by atoms with E-state index in [1.807, 2.05) is 19.1 Å². The first-order valence-electron chi connectivity index (χ1n) is 31.4. The molecule has 0 spiro atoms. The Morgan fingerprint density at radius 2 is 0.689 bits per heavy atom. The van der Waals surface area contributed by atoms with E-state index in [2.05, 4.69) is 132 Å². The van der Waals surface area contributed by atoms with Crippen LogP contribution in [0.3, 0.4) is 0 Å². The average molecular weight is 1070 g/mol. The molecule has 0 radical (unpaired) electrons. The second-order valence-corrected chi connectivity index (χ2v) is 29.7. The first-order valence-corrected chi connectivity index (χ1v) is 34.7. The van der Waals surface area contributed by atoms with E-state index in [0.717, 1.165) is 53.8 Å². The lowest BCUT2D eigenvalue weighted by Gasteiger charge is -2.45. The van der Waals surface area contributed by atoms with Crippen molar-refractivity contribution in [2.75, 3.05) is 7.05 Å². The molecule has 0 fully saturated rings. The van der Waals surface area contributed by atoms with Crippen molar-refractivity contribution < 1.29 is 31.7 Å². The van der Waals surface area contributed by atoms with Crippen molar-refractivity contribution in [1.29, 1.82) is 0 Å². The molecule has 0 aliphatic heterocycles. The van der Waals surface area contributed by atoms with E-state index in [1.54, 1.807) is 21.1 Å². The Morgan fingerprint density at radius 3 is 0.932 bits per heavy atom. The van der Waals surface area contributed by atoms with Gasteiger partial charge in [-0.25, -0.2) is 0 Å². The summed E-state index contributed by atoms with van der Waals surface area (Å²) >= 11 is -1.85. The van der Waals surface area contributed by atoms with Crippen LogP contribution in [0, 0.1) is 47.3 Å². The molecule has 2 aromatic carbocycles. The molecule has 2 aromatic rings. The van der Waals surface area contributed by atoms with Gasteiger partial charge >= 0.3 is 17.9 Å². The maximum Gasteiger partial charge on any atom is 0.458 e. The summed E-state index contributed by atoms with van der Waals surface area (Å²) < 4.78 is 77.5. The van der Waals surface area contributed by atoms with E-state index in [1.165, 1.54) is 140 Å². The zero-order valence-electron chi connectivity index (χ0n) is 50.8. The van der Waals surface area contributed by atoms with Crippen LogP contribution in [-0.4, -0.2) is 38.0 Å². The maximum atomic E-state index is 13.1. The van der Waals surface area contributed by atoms with Crippen LogP contribution in [0.4, 0.5) is 26.3 Å². The monoisotopic (exact) mass is 1070 g/mol. The first-order chi connectivity index (χ1) is 35.1. The highest BCUT2D eigenvalue weighted by Gasteiger charge is 2.74. The Hall–Kier alpha value is -1.49. The molecule has 0 aliphatic rings. The molecule has 1 nitrogen and oxygen atoms in total. The minimum Gasteiger partial charge on any atom is -0.282 e. The number of alkyl halides is 6. The largest absolute Gasteiger partial charge is 0.458 e. The van der Waals surface area contributed by atoms with Gasteiger partial charge in [-0.05, 0) is 41.2 Å². The highest BCUT2D eigenvalue weighted by Crippen LogP contribution is 2.46. The predicted molar refractivity (Wildman–Crippen MR) is 317 cm³/mol. The minimum atomic E-state index is -5.33. The molecule has 0 aliphatic carbocycles. The van der Waals surface area contributed by atoms with Gasteiger partial charge < -0.3 is 0 Å². The van der Waals surface area contributed by atoms with Gasteiger partial charge in [-0.3, -0.25) is 5.32 Å². The second kappa shape index (κ2) is 41.5. The maximum absolute atomic E-state index is 13.1. The molecule has 8 unspecified atom stereocenters. The zero-order chi connectivity index (χ0) is 56.1. The molecule has 0 saturated heterocycles. The van der Waals surface area contributed by atoms with Crippen molar-refractivity contribution in [3.8, 4) is 11.1 Å². The van der Waals surface area contributed by atoms with Crippen LogP contribution in [-0.2, 0) is 0 Å². The van der Waals surface area contributed by atoms with Crippen LogP contribution in [0.15, 0.2) is 60.7 Å². The number of unbranched alkanes of at least 4 members (excludes halogenated alkanes) is 3. The normalized spacial score (nSPS) is 16.3. The summed E-state index contributed by atoms with van der Waals surface area (Å²) in [7, 11) is 0.640. The minimum absolute atomic E-state index is 0.184. The van der Waals surface area contributed by atoms with Gasteiger partial charge in [0.15, 0.2) is 0 Å². The van der Waals surface area contributed by atoms with Gasteiger partial charge in [0, 0.05) is 6.42 Å². The lowest BCUT2D eigenvalue weighted by molar-refractivity contribution is -0.789. The van der Waals surface area contributed by atoms with Gasteiger partial charge in [0.1, 0.15) is 13.1 Å². The number of hydrogen-bond donors (Lipinski definition) is 1. The molecule has 2 rings (SSSR count). The van der Waals surface area contributed by atoms with Gasteiger partial charge in [-0.2, -0.15) is 38.7 Å². The van der Waals surface area contributed by atoms with Gasteiger partial charge in [-0.1, -0.05) is 322 Å². The van der Waals surface area contributed by atoms with Crippen molar-refractivity contribution in [3.63, 3.8) is 0 Å². The topological polar surface area (TPSA) is 16.6 Å². The smallest absolute Gasteiger partial charge is 0.282 e. The Kier molecular flexibility index (Phi) is 40.7. The summed E-state index contributed by atoms with van der Waals surface area (Å²) in [6.45, 7) is 32.0. The van der Waals surface area contributed by atoms with Crippen LogP contribution in [0.5, 0.6) is 0 Å². The SMILES string of the molecule is CCCC(CC)CCC(C)[CH2][Al-]([CH2]C(C)CCC(CC)CCC)([CH2]C(C)CCC(CC)CCC)[CH2]C(C)CCC(CC)CCC.CCCCCCC(F)(F)C(F)(F)C(F)(F)[NH2+]C.c1ccc(-c2ccccc2)cc1. The molecule has 0 aromatic heterocycles. The summed E-state index contributed by atoms with van der Waals surface area (Å²) in [4.78, 5) is 0. The quantitative estimate of drug-likeness (QED) is 0.0296. The average Bonchev–Trinajstić information content (AvgIpc) is 3.38. The number of rotatable bonds is 41. The Labute approximate surface area is 458 Å². The molecule has 8 atom stereocenters. The standard InChI is InChI=1S/C12H10.4C11H23.C10H17F6N.Al/c1-3-7-11(8-4-1)12-9-5-2-6-10-12;4*1-5-7-11(6-2)9-8-10(3)4;1-3-4-5-6-7-8(11,12)9(13,14)10(15,16)17-2;/h1-10H;4*10-11H,3,5-9H2,1-2,4H3;17H,3-7H2,1-2H3;/q;;;;;;-1/p+1.